The van der Waals surface area contributed by atoms with E-state index < -0.39 is 0 Å². The number of nitrogens with zero attached hydrogens (tertiary/aromatic N) is 3. The van der Waals surface area contributed by atoms with Gasteiger partial charge in [-0.15, -0.1) is 0 Å². The van der Waals surface area contributed by atoms with Crippen LogP contribution in [0.15, 0.2) is 29.1 Å². The Morgan fingerprint density at radius 3 is 2.68 bits per heavy atom. The monoisotopic (exact) mass is 381 g/mol. The highest BCUT2D eigenvalue weighted by Gasteiger charge is 2.26. The van der Waals surface area contributed by atoms with E-state index in [0.717, 1.165) is 25.9 Å². The van der Waals surface area contributed by atoms with Crippen LogP contribution in [0.2, 0.25) is 0 Å². The van der Waals surface area contributed by atoms with Crippen molar-refractivity contribution in [3.63, 3.8) is 0 Å². The molecule has 0 atom stereocenters. The van der Waals surface area contributed by atoms with E-state index in [1.807, 2.05) is 12.1 Å². The number of fused-ring (bicyclic) bond motifs is 1. The quantitative estimate of drug-likeness (QED) is 0.838. The molecule has 1 aromatic heterocycles. The summed E-state index contributed by atoms with van der Waals surface area (Å²) in [4.78, 5) is 48.2. The summed E-state index contributed by atoms with van der Waals surface area (Å²) in [5, 5.41) is 2.77. The molecule has 8 heteroatoms. The van der Waals surface area contributed by atoms with Crippen LogP contribution in [0.25, 0.3) is 0 Å². The predicted octanol–water partition coefficient (Wildman–Crippen LogP) is 1.60. The van der Waals surface area contributed by atoms with Crippen LogP contribution in [0.4, 0.5) is 17.3 Å². The van der Waals surface area contributed by atoms with E-state index in [1.165, 1.54) is 4.90 Å². The number of benzene rings is 1. The van der Waals surface area contributed by atoms with Gasteiger partial charge in [-0.3, -0.25) is 19.4 Å². The normalized spacial score (nSPS) is 16.1. The number of aryl methyl sites for hydroxylation is 1. The fraction of sp³-hybridized carbons (Fsp3) is 0.400. The van der Waals surface area contributed by atoms with Gasteiger partial charge in [0.15, 0.2) is 0 Å². The molecule has 1 aromatic carbocycles. The Balaban J connectivity index is 1.50. The van der Waals surface area contributed by atoms with E-state index in [4.69, 9.17) is 0 Å². The van der Waals surface area contributed by atoms with Crippen LogP contribution in [-0.4, -0.2) is 41.4 Å². The van der Waals surface area contributed by atoms with Gasteiger partial charge < -0.3 is 15.1 Å². The van der Waals surface area contributed by atoms with E-state index in [9.17, 15) is 14.4 Å². The Morgan fingerprint density at radius 2 is 1.93 bits per heavy atom. The number of rotatable bonds is 4. The molecule has 2 aliphatic heterocycles. The lowest BCUT2D eigenvalue weighted by Crippen LogP contribution is -2.42. The minimum absolute atomic E-state index is 0.0165. The Kier molecular flexibility index (Phi) is 4.85. The second-order valence-electron chi connectivity index (χ2n) is 7.19. The Hall–Kier alpha value is -3.16. The number of hydrogen-bond donors (Lipinski definition) is 2. The van der Waals surface area contributed by atoms with Crippen LogP contribution in [0.1, 0.15) is 30.5 Å². The van der Waals surface area contributed by atoms with Gasteiger partial charge in [-0.1, -0.05) is 12.1 Å². The Labute approximate surface area is 162 Å². The molecule has 0 radical (unpaired) electrons. The van der Waals surface area contributed by atoms with Crippen LogP contribution in [0.5, 0.6) is 0 Å². The van der Waals surface area contributed by atoms with Crippen LogP contribution < -0.4 is 20.7 Å². The van der Waals surface area contributed by atoms with Gasteiger partial charge >= 0.3 is 0 Å². The molecule has 0 unspecified atom stereocenters. The Bertz CT molecular complexity index is 978. The van der Waals surface area contributed by atoms with Crippen LogP contribution >= 0.6 is 0 Å². The van der Waals surface area contributed by atoms with E-state index >= 15 is 0 Å². The molecule has 2 amide bonds. The summed E-state index contributed by atoms with van der Waals surface area (Å²) in [5.74, 6) is 0.194. The highest BCUT2D eigenvalue weighted by atomic mass is 16.2. The number of H-pyrrole nitrogens is 1. The third-order valence-electron chi connectivity index (χ3n) is 5.28. The van der Waals surface area contributed by atoms with E-state index in [0.29, 0.717) is 28.6 Å². The summed E-state index contributed by atoms with van der Waals surface area (Å²) in [5.41, 5.74) is 2.28. The molecule has 2 aliphatic rings. The third kappa shape index (κ3) is 3.49. The number of carbonyl (C=O) groups excluding carboxylic acids is 2. The van der Waals surface area contributed by atoms with Crippen molar-refractivity contribution in [1.82, 2.24) is 9.97 Å². The van der Waals surface area contributed by atoms with Gasteiger partial charge in [-0.05, 0) is 38.3 Å². The zero-order chi connectivity index (χ0) is 19.7. The summed E-state index contributed by atoms with van der Waals surface area (Å²) in [6.45, 7) is 3.59. The summed E-state index contributed by atoms with van der Waals surface area (Å²) < 4.78 is 0. The van der Waals surface area contributed by atoms with Gasteiger partial charge in [0.05, 0.1) is 11.4 Å². The van der Waals surface area contributed by atoms with Gasteiger partial charge in [0.1, 0.15) is 6.54 Å². The number of amides is 2. The first-order valence-corrected chi connectivity index (χ1v) is 9.57. The number of para-hydroxylation sites is 2. The standard InChI is InChI=1S/C20H23N5O3/c1-13-14(19(28)23-20(21-13)24-10-4-5-11-24)8-9-18(27)25-12-17(26)22-15-6-2-3-7-16(15)25/h2-3,6-7H,4-5,8-12H2,1H3,(H,22,26)(H,21,23,28). The number of hydrogen-bond acceptors (Lipinski definition) is 5. The molecule has 2 aromatic rings. The number of aromatic amines is 1. The number of nitrogens with one attached hydrogen (secondary N) is 2. The first-order chi connectivity index (χ1) is 13.5. The second-order valence-corrected chi connectivity index (χ2v) is 7.19. The molecule has 0 bridgehead atoms. The van der Waals surface area contributed by atoms with Gasteiger partial charge in [0.2, 0.25) is 17.8 Å². The Morgan fingerprint density at radius 1 is 1.18 bits per heavy atom. The maximum Gasteiger partial charge on any atom is 0.255 e. The summed E-state index contributed by atoms with van der Waals surface area (Å²) >= 11 is 0. The topological polar surface area (TPSA) is 98.4 Å². The van der Waals surface area contributed by atoms with Crippen molar-refractivity contribution < 1.29 is 9.59 Å². The number of aromatic nitrogens is 2. The van der Waals surface area contributed by atoms with Gasteiger partial charge in [-0.25, -0.2) is 4.98 Å². The van der Waals surface area contributed by atoms with Crippen LogP contribution in [0.3, 0.4) is 0 Å². The molecule has 4 rings (SSSR count). The minimum Gasteiger partial charge on any atom is -0.342 e. The lowest BCUT2D eigenvalue weighted by Gasteiger charge is -2.29. The molecular formula is C20H23N5O3. The van der Waals surface area contributed by atoms with Crippen molar-refractivity contribution in [2.24, 2.45) is 0 Å². The average Bonchev–Trinajstić information content (AvgIpc) is 3.21. The van der Waals surface area contributed by atoms with Crippen molar-refractivity contribution >= 4 is 29.1 Å². The fourth-order valence-electron chi connectivity index (χ4n) is 3.79. The third-order valence-corrected chi connectivity index (χ3v) is 5.28. The van der Waals surface area contributed by atoms with Crippen molar-refractivity contribution in [2.45, 2.75) is 32.6 Å². The highest BCUT2D eigenvalue weighted by Crippen LogP contribution is 2.29. The van der Waals surface area contributed by atoms with E-state index in [2.05, 4.69) is 20.2 Å². The molecule has 146 valence electrons. The molecule has 1 fully saturated rings. The first kappa shape index (κ1) is 18.2. The number of anilines is 3. The summed E-state index contributed by atoms with van der Waals surface area (Å²) in [7, 11) is 0. The van der Waals surface area contributed by atoms with E-state index in [-0.39, 0.29) is 36.8 Å². The zero-order valence-electron chi connectivity index (χ0n) is 15.8. The smallest absolute Gasteiger partial charge is 0.255 e. The predicted molar refractivity (Wildman–Crippen MR) is 107 cm³/mol. The molecule has 1 saturated heterocycles. The molecule has 0 saturated carbocycles. The average molecular weight is 381 g/mol. The second kappa shape index (κ2) is 7.46. The zero-order valence-corrected chi connectivity index (χ0v) is 15.8. The minimum atomic E-state index is -0.224. The molecule has 28 heavy (non-hydrogen) atoms. The van der Waals surface area contributed by atoms with Crippen LogP contribution in [-0.2, 0) is 16.0 Å². The molecule has 0 spiro atoms. The summed E-state index contributed by atoms with van der Waals surface area (Å²) in [6, 6.07) is 7.20. The molecule has 2 N–H and O–H groups in total. The van der Waals surface area contributed by atoms with Crippen molar-refractivity contribution in [2.75, 3.05) is 34.8 Å². The lowest BCUT2D eigenvalue weighted by atomic mass is 10.1. The molecule has 8 nitrogen and oxygen atoms in total. The maximum atomic E-state index is 12.8. The highest BCUT2D eigenvalue weighted by molar-refractivity contribution is 6.09. The fourth-order valence-corrected chi connectivity index (χ4v) is 3.79. The van der Waals surface area contributed by atoms with Crippen molar-refractivity contribution in [1.29, 1.82) is 0 Å². The largest absolute Gasteiger partial charge is 0.342 e. The first-order valence-electron chi connectivity index (χ1n) is 9.57. The molecular weight excluding hydrogens is 358 g/mol. The number of carbonyl (C=O) groups is 2. The molecule has 0 aliphatic carbocycles. The maximum absolute atomic E-state index is 12.8. The van der Waals surface area contributed by atoms with Crippen molar-refractivity contribution in [3.8, 4) is 0 Å². The van der Waals surface area contributed by atoms with Gasteiger partial charge in [-0.2, -0.15) is 0 Å². The lowest BCUT2D eigenvalue weighted by molar-refractivity contribution is -0.121. The van der Waals surface area contributed by atoms with Gasteiger partial charge in [0.25, 0.3) is 5.56 Å². The summed E-state index contributed by atoms with van der Waals surface area (Å²) in [6.07, 6.45) is 2.62. The van der Waals surface area contributed by atoms with Crippen LogP contribution in [0, 0.1) is 6.92 Å². The SMILES string of the molecule is Cc1nc(N2CCCC2)[nH]c(=O)c1CCC(=O)N1CC(=O)Nc2ccccc21. The van der Waals surface area contributed by atoms with Gasteiger partial charge in [0, 0.05) is 30.8 Å². The van der Waals surface area contributed by atoms with E-state index in [1.54, 1.807) is 19.1 Å². The van der Waals surface area contributed by atoms with Crippen molar-refractivity contribution in [3.05, 3.63) is 45.9 Å². The molecule has 3 heterocycles.